The van der Waals surface area contributed by atoms with Crippen molar-refractivity contribution >= 4 is 27.3 Å². The minimum absolute atomic E-state index is 0.144. The topological polar surface area (TPSA) is 92.8 Å². The molecule has 0 fully saturated rings. The molecule has 1 N–H and O–H groups in total. The Hall–Kier alpha value is -3.65. The fourth-order valence-electron chi connectivity index (χ4n) is 3.10. The molecule has 0 atom stereocenters. The van der Waals surface area contributed by atoms with Crippen molar-refractivity contribution in [2.24, 2.45) is 0 Å². The summed E-state index contributed by atoms with van der Waals surface area (Å²) in [5, 5.41) is 2.81. The van der Waals surface area contributed by atoms with E-state index in [1.165, 1.54) is 12.1 Å². The van der Waals surface area contributed by atoms with Crippen LogP contribution in [0.2, 0.25) is 0 Å². The van der Waals surface area contributed by atoms with Crippen LogP contribution in [-0.2, 0) is 9.84 Å². The number of hydrogen-bond donors (Lipinski definition) is 1. The molecule has 8 heteroatoms. The molecule has 0 bridgehead atoms. The molecule has 0 radical (unpaired) electrons. The van der Waals surface area contributed by atoms with Gasteiger partial charge in [0.25, 0.3) is 11.8 Å². The third kappa shape index (κ3) is 6.92. The summed E-state index contributed by atoms with van der Waals surface area (Å²) in [4.78, 5) is 26.7. The second-order valence-corrected chi connectivity index (χ2v) is 9.59. The van der Waals surface area contributed by atoms with Gasteiger partial charge < -0.3 is 15.0 Å². The van der Waals surface area contributed by atoms with Gasteiger partial charge >= 0.3 is 0 Å². The van der Waals surface area contributed by atoms with E-state index >= 15 is 0 Å². The number of nitrogens with one attached hydrogen (secondary N) is 1. The zero-order chi connectivity index (χ0) is 23.8. The van der Waals surface area contributed by atoms with E-state index in [0.29, 0.717) is 42.1 Å². The summed E-state index contributed by atoms with van der Waals surface area (Å²) in [6.07, 6.45) is 1.73. The molecule has 33 heavy (non-hydrogen) atoms. The number of rotatable bonds is 9. The van der Waals surface area contributed by atoms with Crippen molar-refractivity contribution in [3.05, 3.63) is 90.0 Å². The van der Waals surface area contributed by atoms with Crippen LogP contribution in [0, 0.1) is 0 Å². The van der Waals surface area contributed by atoms with E-state index in [0.717, 1.165) is 6.26 Å². The molecule has 2 amide bonds. The summed E-state index contributed by atoms with van der Waals surface area (Å²) in [6.45, 7) is 0.812. The lowest BCUT2D eigenvalue weighted by molar-refractivity contribution is 0.0787. The Morgan fingerprint density at radius 2 is 1.61 bits per heavy atom. The van der Waals surface area contributed by atoms with Crippen LogP contribution in [0.5, 0.6) is 5.75 Å². The first kappa shape index (κ1) is 24.0. The van der Waals surface area contributed by atoms with Crippen LogP contribution in [0.15, 0.2) is 83.8 Å². The summed E-state index contributed by atoms with van der Waals surface area (Å²) in [7, 11) is -1.59. The molecular weight excluding hydrogens is 440 g/mol. The van der Waals surface area contributed by atoms with Crippen molar-refractivity contribution in [2.75, 3.05) is 31.8 Å². The molecule has 0 saturated heterocycles. The molecule has 7 nitrogen and oxygen atoms in total. The minimum Gasteiger partial charge on any atom is -0.493 e. The highest BCUT2D eigenvalue weighted by molar-refractivity contribution is 7.90. The number of benzene rings is 3. The zero-order valence-electron chi connectivity index (χ0n) is 18.5. The Kier molecular flexibility index (Phi) is 7.84. The number of hydrogen-bond acceptors (Lipinski definition) is 5. The number of ether oxygens (including phenoxy) is 1. The quantitative estimate of drug-likeness (QED) is 0.483. The summed E-state index contributed by atoms with van der Waals surface area (Å²) in [5.41, 5.74) is 1.67. The largest absolute Gasteiger partial charge is 0.493 e. The Morgan fingerprint density at radius 3 is 2.27 bits per heavy atom. The minimum atomic E-state index is -3.29. The summed E-state index contributed by atoms with van der Waals surface area (Å²) in [5.74, 6) is 0.115. The molecule has 0 spiro atoms. The lowest BCUT2D eigenvalue weighted by Crippen LogP contribution is -2.28. The number of carbonyl (C=O) groups excluding carboxylic acids is 2. The Labute approximate surface area is 193 Å². The highest BCUT2D eigenvalue weighted by Crippen LogP contribution is 2.18. The smallest absolute Gasteiger partial charge is 0.255 e. The van der Waals surface area contributed by atoms with Crippen LogP contribution < -0.4 is 10.1 Å². The molecule has 3 aromatic rings. The number of amides is 2. The summed E-state index contributed by atoms with van der Waals surface area (Å²) in [6, 6.07) is 22.0. The van der Waals surface area contributed by atoms with E-state index < -0.39 is 9.84 Å². The maximum atomic E-state index is 12.6. The molecule has 0 aromatic heterocycles. The maximum absolute atomic E-state index is 12.6. The van der Waals surface area contributed by atoms with Crippen LogP contribution in [0.3, 0.4) is 0 Å². The van der Waals surface area contributed by atoms with E-state index in [1.54, 1.807) is 72.6 Å². The standard InChI is InChI=1S/C25H26N2O5S/c1-27(16-7-17-32-22-10-6-11-23(18-22)33(2,30)31)25(29)20-12-14-21(15-13-20)26-24(28)19-8-4-3-5-9-19/h3-6,8-15,18H,7,16-17H2,1-2H3,(H,26,28). The first-order chi connectivity index (χ1) is 15.7. The van der Waals surface area contributed by atoms with Gasteiger partial charge in [0.2, 0.25) is 0 Å². The van der Waals surface area contributed by atoms with E-state index in [9.17, 15) is 18.0 Å². The zero-order valence-corrected chi connectivity index (χ0v) is 19.3. The second-order valence-electron chi connectivity index (χ2n) is 7.57. The highest BCUT2D eigenvalue weighted by atomic mass is 32.2. The van der Waals surface area contributed by atoms with Crippen molar-refractivity contribution < 1.29 is 22.7 Å². The van der Waals surface area contributed by atoms with Gasteiger partial charge in [0.05, 0.1) is 11.5 Å². The second kappa shape index (κ2) is 10.8. The molecule has 3 rings (SSSR count). The Morgan fingerprint density at radius 1 is 0.909 bits per heavy atom. The van der Waals surface area contributed by atoms with Crippen LogP contribution in [0.1, 0.15) is 27.1 Å². The number of sulfone groups is 1. The third-order valence-corrected chi connectivity index (χ3v) is 6.02. The average molecular weight is 467 g/mol. The van der Waals surface area contributed by atoms with Gasteiger partial charge in [0.1, 0.15) is 5.75 Å². The van der Waals surface area contributed by atoms with E-state index in [-0.39, 0.29) is 16.7 Å². The molecule has 3 aromatic carbocycles. The Balaban J connectivity index is 1.47. The first-order valence-corrected chi connectivity index (χ1v) is 12.3. The van der Waals surface area contributed by atoms with Gasteiger partial charge in [-0.1, -0.05) is 24.3 Å². The van der Waals surface area contributed by atoms with Crippen molar-refractivity contribution in [3.8, 4) is 5.75 Å². The predicted molar refractivity (Wildman–Crippen MR) is 127 cm³/mol. The summed E-state index contributed by atoms with van der Waals surface area (Å²) >= 11 is 0. The van der Waals surface area contributed by atoms with E-state index in [4.69, 9.17) is 4.74 Å². The normalized spacial score (nSPS) is 11.0. The van der Waals surface area contributed by atoms with Crippen LogP contribution in [-0.4, -0.2) is 51.6 Å². The number of carbonyl (C=O) groups is 2. The van der Waals surface area contributed by atoms with Gasteiger partial charge in [0, 0.05) is 36.7 Å². The maximum Gasteiger partial charge on any atom is 0.255 e. The van der Waals surface area contributed by atoms with E-state index in [2.05, 4.69) is 5.32 Å². The van der Waals surface area contributed by atoms with Crippen LogP contribution in [0.4, 0.5) is 5.69 Å². The molecular formula is C25H26N2O5S. The molecule has 0 saturated carbocycles. The van der Waals surface area contributed by atoms with Crippen molar-refractivity contribution in [1.29, 1.82) is 0 Å². The van der Waals surface area contributed by atoms with Gasteiger partial charge in [-0.2, -0.15) is 0 Å². The molecule has 0 aliphatic carbocycles. The van der Waals surface area contributed by atoms with Crippen molar-refractivity contribution in [3.63, 3.8) is 0 Å². The average Bonchev–Trinajstić information content (AvgIpc) is 2.82. The number of nitrogens with zero attached hydrogens (tertiary/aromatic N) is 1. The molecule has 0 heterocycles. The fraction of sp³-hybridized carbons (Fsp3) is 0.200. The predicted octanol–water partition coefficient (Wildman–Crippen LogP) is 3.88. The van der Waals surface area contributed by atoms with Gasteiger partial charge in [0.15, 0.2) is 9.84 Å². The van der Waals surface area contributed by atoms with Crippen LogP contribution >= 0.6 is 0 Å². The van der Waals surface area contributed by atoms with E-state index in [1.807, 2.05) is 6.07 Å². The number of anilines is 1. The van der Waals surface area contributed by atoms with Crippen molar-refractivity contribution in [2.45, 2.75) is 11.3 Å². The SMILES string of the molecule is CN(CCCOc1cccc(S(C)(=O)=O)c1)C(=O)c1ccc(NC(=O)c2ccccc2)cc1. The fourth-order valence-corrected chi connectivity index (χ4v) is 3.75. The highest BCUT2D eigenvalue weighted by Gasteiger charge is 2.13. The van der Waals surface area contributed by atoms with Gasteiger partial charge in [-0.05, 0) is 61.0 Å². The van der Waals surface area contributed by atoms with Crippen LogP contribution in [0.25, 0.3) is 0 Å². The molecule has 0 unspecified atom stereocenters. The lowest BCUT2D eigenvalue weighted by Gasteiger charge is -2.17. The van der Waals surface area contributed by atoms with Gasteiger partial charge in [-0.25, -0.2) is 8.42 Å². The van der Waals surface area contributed by atoms with Gasteiger partial charge in [-0.15, -0.1) is 0 Å². The first-order valence-electron chi connectivity index (χ1n) is 10.4. The lowest BCUT2D eigenvalue weighted by atomic mass is 10.1. The third-order valence-electron chi connectivity index (χ3n) is 4.91. The molecule has 172 valence electrons. The van der Waals surface area contributed by atoms with Gasteiger partial charge in [-0.3, -0.25) is 9.59 Å². The molecule has 0 aliphatic rings. The molecule has 0 aliphatic heterocycles. The summed E-state index contributed by atoms with van der Waals surface area (Å²) < 4.78 is 28.9. The monoisotopic (exact) mass is 466 g/mol. The Bertz CT molecular complexity index is 1210. The van der Waals surface area contributed by atoms with Crippen molar-refractivity contribution in [1.82, 2.24) is 4.90 Å².